The van der Waals surface area contributed by atoms with Gasteiger partial charge in [-0.05, 0) is 11.6 Å². The molecule has 0 unspecified atom stereocenters. The van der Waals surface area contributed by atoms with Gasteiger partial charge in [-0.3, -0.25) is 14.6 Å². The minimum absolute atomic E-state index is 0.0347. The molecule has 2 amide bonds. The molecule has 3 atom stereocenters. The predicted molar refractivity (Wildman–Crippen MR) is 99.6 cm³/mol. The van der Waals surface area contributed by atoms with Crippen LogP contribution in [0.5, 0.6) is 5.75 Å². The van der Waals surface area contributed by atoms with Gasteiger partial charge >= 0.3 is 0 Å². The highest BCUT2D eigenvalue weighted by atomic mass is 16.5. The summed E-state index contributed by atoms with van der Waals surface area (Å²) in [5.74, 6) is 0.423. The van der Waals surface area contributed by atoms with Gasteiger partial charge in [0, 0.05) is 25.2 Å². The zero-order valence-electron chi connectivity index (χ0n) is 15.6. The summed E-state index contributed by atoms with van der Waals surface area (Å²) in [4.78, 5) is 33.9. The van der Waals surface area contributed by atoms with Crippen LogP contribution in [0.15, 0.2) is 48.7 Å². The maximum atomic E-state index is 13.1. The molecule has 7 nitrogen and oxygen atoms in total. The minimum Gasteiger partial charge on any atom is -0.497 e. The first-order valence-electron chi connectivity index (χ1n) is 9.46. The molecule has 5 rings (SSSR count). The fourth-order valence-electron chi connectivity index (χ4n) is 4.81. The summed E-state index contributed by atoms with van der Waals surface area (Å²) in [6.07, 6.45) is 2.45. The molecule has 3 aliphatic heterocycles. The highest BCUT2D eigenvalue weighted by Gasteiger charge is 2.65. The van der Waals surface area contributed by atoms with Crippen molar-refractivity contribution in [2.45, 2.75) is 30.7 Å². The maximum absolute atomic E-state index is 13.1. The second-order valence-electron chi connectivity index (χ2n) is 7.40. The Morgan fingerprint density at radius 2 is 2.11 bits per heavy atom. The molecule has 3 fully saturated rings. The third kappa shape index (κ3) is 2.36. The number of rotatable bonds is 3. The van der Waals surface area contributed by atoms with Gasteiger partial charge in [0.15, 0.2) is 5.72 Å². The normalized spacial score (nSPS) is 28.4. The molecule has 2 aromatic rings. The van der Waals surface area contributed by atoms with Crippen LogP contribution < -0.4 is 4.74 Å². The molecule has 144 valence electrons. The third-order valence-electron chi connectivity index (χ3n) is 6.09. The number of aromatic nitrogens is 1. The van der Waals surface area contributed by atoms with Crippen molar-refractivity contribution in [3.05, 3.63) is 59.9 Å². The van der Waals surface area contributed by atoms with Crippen LogP contribution in [-0.4, -0.2) is 58.6 Å². The van der Waals surface area contributed by atoms with E-state index >= 15 is 0 Å². The average Bonchev–Trinajstić information content (AvgIpc) is 3.37. The Kier molecular flexibility index (Phi) is 3.87. The summed E-state index contributed by atoms with van der Waals surface area (Å²) < 4.78 is 11.5. The monoisotopic (exact) mass is 379 g/mol. The number of amides is 2. The van der Waals surface area contributed by atoms with E-state index in [9.17, 15) is 9.59 Å². The molecular formula is C21H21N3O4. The van der Waals surface area contributed by atoms with Crippen LogP contribution in [0.2, 0.25) is 0 Å². The molecule has 0 bridgehead atoms. The molecule has 3 saturated heterocycles. The van der Waals surface area contributed by atoms with E-state index in [2.05, 4.69) is 4.98 Å². The lowest BCUT2D eigenvalue weighted by atomic mass is 10.0. The number of ether oxygens (including phenoxy) is 2. The quantitative estimate of drug-likeness (QED) is 0.816. The Hall–Kier alpha value is -2.93. The molecule has 3 aliphatic rings. The van der Waals surface area contributed by atoms with Crippen molar-refractivity contribution in [3.8, 4) is 5.75 Å². The Labute approximate surface area is 162 Å². The number of hydrogen-bond acceptors (Lipinski definition) is 5. The number of carbonyl (C=O) groups excluding carboxylic acids is 2. The average molecular weight is 379 g/mol. The van der Waals surface area contributed by atoms with E-state index < -0.39 is 5.72 Å². The van der Waals surface area contributed by atoms with Gasteiger partial charge in [-0.1, -0.05) is 30.3 Å². The topological polar surface area (TPSA) is 72.0 Å². The number of nitrogens with zero attached hydrogens (tertiary/aromatic N) is 3. The molecular weight excluding hydrogens is 358 g/mol. The first kappa shape index (κ1) is 17.2. The highest BCUT2D eigenvalue weighted by molar-refractivity contribution is 5.94. The minimum atomic E-state index is -0.730. The van der Waals surface area contributed by atoms with Crippen LogP contribution in [0.4, 0.5) is 0 Å². The second-order valence-corrected chi connectivity index (χ2v) is 7.40. The van der Waals surface area contributed by atoms with E-state index in [0.29, 0.717) is 31.0 Å². The molecule has 1 aromatic heterocycles. The predicted octanol–water partition coefficient (Wildman–Crippen LogP) is 2.00. The smallest absolute Gasteiger partial charge is 0.273 e. The highest BCUT2D eigenvalue weighted by Crippen LogP contribution is 2.51. The summed E-state index contributed by atoms with van der Waals surface area (Å²) in [5, 5.41) is 0. The summed E-state index contributed by atoms with van der Waals surface area (Å²) >= 11 is 0. The zero-order valence-corrected chi connectivity index (χ0v) is 15.6. The van der Waals surface area contributed by atoms with E-state index in [1.807, 2.05) is 35.2 Å². The van der Waals surface area contributed by atoms with Gasteiger partial charge in [0.25, 0.3) is 5.91 Å². The van der Waals surface area contributed by atoms with Crippen LogP contribution in [0.1, 0.15) is 34.9 Å². The molecule has 0 N–H and O–H groups in total. The number of hydrogen-bond donors (Lipinski definition) is 0. The molecule has 1 aromatic carbocycles. The van der Waals surface area contributed by atoms with Crippen molar-refractivity contribution in [2.24, 2.45) is 0 Å². The lowest BCUT2D eigenvalue weighted by molar-refractivity contribution is -0.138. The largest absolute Gasteiger partial charge is 0.497 e. The number of likely N-dealkylation sites (tertiary alicyclic amines) is 1. The van der Waals surface area contributed by atoms with Crippen molar-refractivity contribution in [2.75, 3.05) is 20.3 Å². The zero-order chi connectivity index (χ0) is 19.3. The van der Waals surface area contributed by atoms with Crippen LogP contribution in [0.25, 0.3) is 0 Å². The van der Waals surface area contributed by atoms with Crippen LogP contribution in [0.3, 0.4) is 0 Å². The summed E-state index contributed by atoms with van der Waals surface area (Å²) in [5.41, 5.74) is 0.652. The van der Waals surface area contributed by atoms with Gasteiger partial charge in [0.2, 0.25) is 5.91 Å². The summed E-state index contributed by atoms with van der Waals surface area (Å²) in [7, 11) is 1.55. The van der Waals surface area contributed by atoms with E-state index in [1.165, 1.54) is 0 Å². The van der Waals surface area contributed by atoms with Crippen molar-refractivity contribution in [1.82, 2.24) is 14.8 Å². The summed E-state index contributed by atoms with van der Waals surface area (Å²) in [6, 6.07) is 12.9. The van der Waals surface area contributed by atoms with Crippen LogP contribution >= 0.6 is 0 Å². The molecule has 0 saturated carbocycles. The number of pyridine rings is 1. The number of methoxy groups -OCH3 is 1. The molecule has 28 heavy (non-hydrogen) atoms. The Bertz CT molecular complexity index is 934. The van der Waals surface area contributed by atoms with Crippen LogP contribution in [0, 0.1) is 0 Å². The van der Waals surface area contributed by atoms with E-state index in [1.54, 1.807) is 30.3 Å². The van der Waals surface area contributed by atoms with E-state index in [0.717, 1.165) is 5.56 Å². The summed E-state index contributed by atoms with van der Waals surface area (Å²) in [6.45, 7) is 0.985. The van der Waals surface area contributed by atoms with Crippen molar-refractivity contribution < 1.29 is 19.1 Å². The van der Waals surface area contributed by atoms with Gasteiger partial charge in [-0.2, -0.15) is 0 Å². The molecule has 7 heteroatoms. The third-order valence-corrected chi connectivity index (χ3v) is 6.09. The first-order valence-corrected chi connectivity index (χ1v) is 9.46. The first-order chi connectivity index (χ1) is 13.6. The van der Waals surface area contributed by atoms with Gasteiger partial charge in [-0.25, -0.2) is 0 Å². The lowest BCUT2D eigenvalue weighted by Crippen LogP contribution is -2.49. The lowest BCUT2D eigenvalue weighted by Gasteiger charge is -2.33. The van der Waals surface area contributed by atoms with Gasteiger partial charge in [0.1, 0.15) is 11.4 Å². The van der Waals surface area contributed by atoms with Gasteiger partial charge in [-0.15, -0.1) is 0 Å². The standard InChI is InChI=1S/C21H21N3O4/c1-27-15-7-9-22-16(11-15)20(26)23-10-8-21-18(23)12-19(25)24(21)17(13-28-21)14-5-3-2-4-6-14/h2-7,9,11,17-18H,8,10,12-13H2,1H3/t17-,18+,21-/m0/s1. The number of benzene rings is 1. The number of carbonyl (C=O) groups is 2. The van der Waals surface area contributed by atoms with Gasteiger partial charge in [0.05, 0.1) is 32.2 Å². The van der Waals surface area contributed by atoms with Crippen molar-refractivity contribution in [1.29, 1.82) is 0 Å². The molecule has 0 aliphatic carbocycles. The van der Waals surface area contributed by atoms with Crippen LogP contribution in [-0.2, 0) is 9.53 Å². The van der Waals surface area contributed by atoms with Crippen molar-refractivity contribution in [3.63, 3.8) is 0 Å². The Morgan fingerprint density at radius 3 is 2.89 bits per heavy atom. The fourth-order valence-corrected chi connectivity index (χ4v) is 4.81. The fraction of sp³-hybridized carbons (Fsp3) is 0.381. The SMILES string of the molecule is COc1ccnc(C(=O)N2CC[C@@]34OC[C@@H](c5ccccc5)N3C(=O)C[C@@H]24)c1. The molecule has 0 radical (unpaired) electrons. The maximum Gasteiger partial charge on any atom is 0.273 e. The Morgan fingerprint density at radius 1 is 1.29 bits per heavy atom. The van der Waals surface area contributed by atoms with Gasteiger partial charge < -0.3 is 19.3 Å². The molecule has 4 heterocycles. The molecule has 1 spiro atoms. The second kappa shape index (κ2) is 6.31. The Balaban J connectivity index is 1.45. The van der Waals surface area contributed by atoms with E-state index in [-0.39, 0.29) is 30.3 Å². The van der Waals surface area contributed by atoms with Crippen molar-refractivity contribution >= 4 is 11.8 Å². The van der Waals surface area contributed by atoms with E-state index in [4.69, 9.17) is 9.47 Å².